The molecule has 28 heavy (non-hydrogen) atoms. The number of hydrogen-bond acceptors (Lipinski definition) is 2. The van der Waals surface area contributed by atoms with Crippen LogP contribution in [-0.4, -0.2) is 15.9 Å². The Bertz CT molecular complexity index is 1180. The molecule has 0 unspecified atom stereocenters. The molecule has 0 aliphatic rings. The third-order valence-corrected chi connectivity index (χ3v) is 5.48. The molecule has 3 aromatic carbocycles. The summed E-state index contributed by atoms with van der Waals surface area (Å²) in [6.07, 6.45) is 0. The van der Waals surface area contributed by atoms with E-state index in [-0.39, 0.29) is 5.91 Å². The lowest BCUT2D eigenvalue weighted by Gasteiger charge is -2.07. The third kappa shape index (κ3) is 3.72. The fourth-order valence-corrected chi connectivity index (χ4v) is 3.32. The number of halogens is 3. The standard InChI is InChI=1S/C21H14Cl3N3O/c1-11-7-18-19(10-16(11)23)27-20(26-18)12-3-2-4-14(8-12)25-21(28)13-5-6-15(22)17(24)9-13/h2-10H,1H3,(H,25,28)(H,26,27). The first-order valence-electron chi connectivity index (χ1n) is 8.43. The van der Waals surface area contributed by atoms with E-state index in [9.17, 15) is 4.79 Å². The molecule has 0 aliphatic carbocycles. The van der Waals surface area contributed by atoms with E-state index in [0.29, 0.717) is 32.1 Å². The quantitative estimate of drug-likeness (QED) is 0.377. The average molecular weight is 431 g/mol. The maximum Gasteiger partial charge on any atom is 0.255 e. The number of anilines is 1. The van der Waals surface area contributed by atoms with Gasteiger partial charge in [0.25, 0.3) is 5.91 Å². The Balaban J connectivity index is 1.62. The van der Waals surface area contributed by atoms with Gasteiger partial charge < -0.3 is 10.3 Å². The normalized spacial score (nSPS) is 11.0. The number of benzene rings is 3. The highest BCUT2D eigenvalue weighted by Gasteiger charge is 2.11. The van der Waals surface area contributed by atoms with Crippen LogP contribution in [-0.2, 0) is 0 Å². The zero-order valence-corrected chi connectivity index (χ0v) is 17.0. The second kappa shape index (κ2) is 7.47. The number of carbonyl (C=O) groups excluding carboxylic acids is 1. The third-order valence-electron chi connectivity index (χ3n) is 4.34. The minimum Gasteiger partial charge on any atom is -0.338 e. The lowest BCUT2D eigenvalue weighted by atomic mass is 10.1. The van der Waals surface area contributed by atoms with Crippen LogP contribution in [0.25, 0.3) is 22.4 Å². The topological polar surface area (TPSA) is 57.8 Å². The van der Waals surface area contributed by atoms with Gasteiger partial charge in [0.15, 0.2) is 0 Å². The van der Waals surface area contributed by atoms with Crippen molar-refractivity contribution in [2.75, 3.05) is 5.32 Å². The molecular formula is C21H14Cl3N3O. The van der Waals surface area contributed by atoms with Crippen molar-refractivity contribution in [1.29, 1.82) is 0 Å². The molecule has 0 saturated carbocycles. The molecule has 4 aromatic rings. The van der Waals surface area contributed by atoms with E-state index < -0.39 is 0 Å². The minimum absolute atomic E-state index is 0.275. The van der Waals surface area contributed by atoms with E-state index >= 15 is 0 Å². The average Bonchev–Trinajstić information content (AvgIpc) is 3.07. The summed E-state index contributed by atoms with van der Waals surface area (Å²) < 4.78 is 0. The number of carbonyl (C=O) groups is 1. The Labute approximate surface area is 176 Å². The van der Waals surface area contributed by atoms with Crippen molar-refractivity contribution in [2.24, 2.45) is 0 Å². The molecule has 1 amide bonds. The molecule has 4 nitrogen and oxygen atoms in total. The van der Waals surface area contributed by atoms with Crippen LogP contribution in [0.1, 0.15) is 15.9 Å². The van der Waals surface area contributed by atoms with Gasteiger partial charge in [-0.15, -0.1) is 0 Å². The van der Waals surface area contributed by atoms with E-state index in [1.165, 1.54) is 6.07 Å². The Kier molecular flexibility index (Phi) is 5.02. The first kappa shape index (κ1) is 18.8. The van der Waals surface area contributed by atoms with E-state index in [2.05, 4.69) is 15.3 Å². The van der Waals surface area contributed by atoms with Crippen LogP contribution in [0.15, 0.2) is 54.6 Å². The summed E-state index contributed by atoms with van der Waals surface area (Å²) in [6, 6.07) is 16.0. The zero-order valence-electron chi connectivity index (χ0n) is 14.7. The number of imidazole rings is 1. The van der Waals surface area contributed by atoms with Crippen molar-refractivity contribution < 1.29 is 4.79 Å². The Morgan fingerprint density at radius 2 is 1.79 bits per heavy atom. The van der Waals surface area contributed by atoms with Crippen molar-refractivity contribution in [3.63, 3.8) is 0 Å². The predicted octanol–water partition coefficient (Wildman–Crippen LogP) is 6.75. The van der Waals surface area contributed by atoms with Gasteiger partial charge in [-0.05, 0) is 55.0 Å². The highest BCUT2D eigenvalue weighted by molar-refractivity contribution is 6.42. The summed E-state index contributed by atoms with van der Waals surface area (Å²) in [7, 11) is 0. The highest BCUT2D eigenvalue weighted by atomic mass is 35.5. The number of aryl methyl sites for hydroxylation is 1. The van der Waals surface area contributed by atoms with Crippen LogP contribution in [0.4, 0.5) is 5.69 Å². The second-order valence-corrected chi connectivity index (χ2v) is 7.59. The van der Waals surface area contributed by atoms with Gasteiger partial charge in [0.1, 0.15) is 5.82 Å². The van der Waals surface area contributed by atoms with Crippen LogP contribution in [0.2, 0.25) is 15.1 Å². The molecule has 2 N–H and O–H groups in total. The maximum atomic E-state index is 12.5. The molecule has 1 aromatic heterocycles. The van der Waals surface area contributed by atoms with E-state index in [4.69, 9.17) is 34.8 Å². The van der Waals surface area contributed by atoms with Crippen molar-refractivity contribution in [3.8, 4) is 11.4 Å². The summed E-state index contributed by atoms with van der Waals surface area (Å²) in [6.45, 7) is 1.95. The van der Waals surface area contributed by atoms with E-state index in [1.807, 2.05) is 43.3 Å². The smallest absolute Gasteiger partial charge is 0.255 e. The molecule has 140 valence electrons. The highest BCUT2D eigenvalue weighted by Crippen LogP contribution is 2.27. The Hall–Kier alpha value is -2.53. The molecule has 0 atom stereocenters. The number of aromatic nitrogens is 2. The van der Waals surface area contributed by atoms with Gasteiger partial charge in [0, 0.05) is 21.8 Å². The van der Waals surface area contributed by atoms with Crippen molar-refractivity contribution >= 4 is 57.4 Å². The zero-order chi connectivity index (χ0) is 19.8. The van der Waals surface area contributed by atoms with Crippen LogP contribution in [0.3, 0.4) is 0 Å². The van der Waals surface area contributed by atoms with Crippen LogP contribution < -0.4 is 5.32 Å². The van der Waals surface area contributed by atoms with Gasteiger partial charge in [0.05, 0.1) is 21.1 Å². The van der Waals surface area contributed by atoms with Crippen molar-refractivity contribution in [2.45, 2.75) is 6.92 Å². The molecule has 4 rings (SSSR count). The molecule has 0 spiro atoms. The van der Waals surface area contributed by atoms with Crippen LogP contribution in [0.5, 0.6) is 0 Å². The minimum atomic E-state index is -0.275. The van der Waals surface area contributed by atoms with Crippen LogP contribution >= 0.6 is 34.8 Å². The molecular weight excluding hydrogens is 417 g/mol. The number of hydrogen-bond donors (Lipinski definition) is 2. The molecule has 7 heteroatoms. The van der Waals surface area contributed by atoms with E-state index in [0.717, 1.165) is 22.2 Å². The predicted molar refractivity (Wildman–Crippen MR) is 116 cm³/mol. The number of amides is 1. The largest absolute Gasteiger partial charge is 0.338 e. The van der Waals surface area contributed by atoms with E-state index in [1.54, 1.807) is 12.1 Å². The SMILES string of the molecule is Cc1cc2[nH]c(-c3cccc(NC(=O)c4ccc(Cl)c(Cl)c4)c3)nc2cc1Cl. The first-order valence-corrected chi connectivity index (χ1v) is 9.57. The number of rotatable bonds is 3. The lowest BCUT2D eigenvalue weighted by Crippen LogP contribution is -2.11. The molecule has 0 radical (unpaired) electrons. The first-order chi connectivity index (χ1) is 13.4. The fourth-order valence-electron chi connectivity index (χ4n) is 2.86. The fraction of sp³-hybridized carbons (Fsp3) is 0.0476. The van der Waals surface area contributed by atoms with Crippen molar-refractivity contribution in [3.05, 3.63) is 80.8 Å². The summed E-state index contributed by atoms with van der Waals surface area (Å²) in [5, 5.41) is 4.27. The molecule has 0 saturated heterocycles. The van der Waals surface area contributed by atoms with Gasteiger partial charge in [-0.2, -0.15) is 0 Å². The number of nitrogens with zero attached hydrogens (tertiary/aromatic N) is 1. The summed E-state index contributed by atoms with van der Waals surface area (Å²) in [4.78, 5) is 20.4. The number of aromatic amines is 1. The molecule has 0 bridgehead atoms. The van der Waals surface area contributed by atoms with Gasteiger partial charge >= 0.3 is 0 Å². The van der Waals surface area contributed by atoms with Gasteiger partial charge in [-0.1, -0.05) is 46.9 Å². The Morgan fingerprint density at radius 1 is 0.964 bits per heavy atom. The molecule has 0 aliphatic heterocycles. The van der Waals surface area contributed by atoms with Crippen molar-refractivity contribution in [1.82, 2.24) is 9.97 Å². The number of nitrogens with one attached hydrogen (secondary N) is 2. The monoisotopic (exact) mass is 429 g/mol. The van der Waals surface area contributed by atoms with Gasteiger partial charge in [-0.3, -0.25) is 4.79 Å². The number of H-pyrrole nitrogens is 1. The maximum absolute atomic E-state index is 12.5. The molecule has 1 heterocycles. The molecule has 0 fully saturated rings. The number of fused-ring (bicyclic) bond motifs is 1. The second-order valence-electron chi connectivity index (χ2n) is 6.37. The summed E-state index contributed by atoms with van der Waals surface area (Å²) >= 11 is 18.1. The van der Waals surface area contributed by atoms with Crippen LogP contribution in [0, 0.1) is 6.92 Å². The van der Waals surface area contributed by atoms with Gasteiger partial charge in [0.2, 0.25) is 0 Å². The summed E-state index contributed by atoms with van der Waals surface area (Å²) in [5.74, 6) is 0.421. The summed E-state index contributed by atoms with van der Waals surface area (Å²) in [5.41, 5.74) is 4.58. The van der Waals surface area contributed by atoms with Gasteiger partial charge in [-0.25, -0.2) is 4.98 Å². The lowest BCUT2D eigenvalue weighted by molar-refractivity contribution is 0.102. The Morgan fingerprint density at radius 3 is 2.57 bits per heavy atom.